The Labute approximate surface area is 197 Å². The molecule has 1 fully saturated rings. The molecule has 0 aliphatic carbocycles. The molecule has 0 unspecified atom stereocenters. The molecule has 35 heavy (non-hydrogen) atoms. The predicted octanol–water partition coefficient (Wildman–Crippen LogP) is 3.29. The van der Waals surface area contributed by atoms with Gasteiger partial charge in [0, 0.05) is 19.3 Å². The Balaban J connectivity index is 1.47. The zero-order chi connectivity index (χ0) is 25.0. The number of halogens is 3. The number of carbonyl (C=O) groups is 3. The lowest BCUT2D eigenvalue weighted by molar-refractivity contribution is -0.138. The van der Waals surface area contributed by atoms with Crippen LogP contribution in [0.1, 0.15) is 38.5 Å². The largest absolute Gasteiger partial charge is 0.417 e. The van der Waals surface area contributed by atoms with Crippen molar-refractivity contribution in [2.24, 2.45) is 0 Å². The number of benzene rings is 1. The number of amides is 4. The highest BCUT2D eigenvalue weighted by Gasteiger charge is 2.39. The molecule has 0 atom stereocenters. The smallest absolute Gasteiger partial charge is 0.345 e. The van der Waals surface area contributed by atoms with Crippen molar-refractivity contribution in [1.29, 1.82) is 0 Å². The summed E-state index contributed by atoms with van der Waals surface area (Å²) >= 11 is 0. The Morgan fingerprint density at radius 3 is 2.43 bits per heavy atom. The summed E-state index contributed by atoms with van der Waals surface area (Å²) in [5.74, 6) is -1.48. The van der Waals surface area contributed by atoms with Crippen molar-refractivity contribution in [3.05, 3.63) is 83.3 Å². The van der Waals surface area contributed by atoms with E-state index < -0.39 is 35.1 Å². The summed E-state index contributed by atoms with van der Waals surface area (Å²) in [5, 5.41) is 10.4. The summed E-state index contributed by atoms with van der Waals surface area (Å²) in [6.07, 6.45) is -2.83. The number of alkyl halides is 3. The van der Waals surface area contributed by atoms with Crippen LogP contribution in [-0.2, 0) is 12.7 Å². The Morgan fingerprint density at radius 2 is 1.74 bits per heavy atom. The van der Waals surface area contributed by atoms with Crippen LogP contribution in [0.5, 0.6) is 0 Å². The molecule has 9 nitrogen and oxygen atoms in total. The number of hydrogen-bond donors (Lipinski definition) is 1. The van der Waals surface area contributed by atoms with E-state index in [1.165, 1.54) is 24.3 Å². The second-order valence-corrected chi connectivity index (χ2v) is 7.57. The number of aromatic nitrogens is 3. The molecule has 0 saturated carbocycles. The zero-order valence-electron chi connectivity index (χ0n) is 18.2. The van der Waals surface area contributed by atoms with Crippen LogP contribution in [0.4, 0.5) is 23.8 Å². The van der Waals surface area contributed by atoms with Crippen LogP contribution in [0.15, 0.2) is 60.8 Å². The van der Waals surface area contributed by atoms with Crippen molar-refractivity contribution >= 4 is 23.7 Å². The molecule has 1 aliphatic rings. The van der Waals surface area contributed by atoms with Crippen molar-refractivity contribution in [3.63, 3.8) is 0 Å². The molecular formula is C23H19F3N6O3. The van der Waals surface area contributed by atoms with Gasteiger partial charge in [-0.05, 0) is 42.8 Å². The minimum atomic E-state index is -4.75. The number of imide groups is 1. The number of carbonyl (C=O) groups excluding carboxylic acids is 3. The van der Waals surface area contributed by atoms with Gasteiger partial charge in [-0.3, -0.25) is 24.4 Å². The van der Waals surface area contributed by atoms with Gasteiger partial charge < -0.3 is 5.32 Å². The Hall–Kier alpha value is -4.35. The molecule has 1 aliphatic heterocycles. The molecule has 1 saturated heterocycles. The van der Waals surface area contributed by atoms with E-state index in [9.17, 15) is 27.6 Å². The first-order valence-electron chi connectivity index (χ1n) is 10.6. The van der Waals surface area contributed by atoms with Crippen molar-refractivity contribution in [2.75, 3.05) is 18.0 Å². The van der Waals surface area contributed by atoms with Crippen LogP contribution in [-0.4, -0.2) is 51.0 Å². The van der Waals surface area contributed by atoms with Gasteiger partial charge >= 0.3 is 12.2 Å². The number of pyridine rings is 1. The fourth-order valence-corrected chi connectivity index (χ4v) is 3.54. The second-order valence-electron chi connectivity index (χ2n) is 7.57. The zero-order valence-corrected chi connectivity index (χ0v) is 18.2. The van der Waals surface area contributed by atoms with Gasteiger partial charge in [-0.15, -0.1) is 10.2 Å². The first-order chi connectivity index (χ1) is 16.8. The monoisotopic (exact) mass is 484 g/mol. The second kappa shape index (κ2) is 9.87. The Kier molecular flexibility index (Phi) is 6.71. The van der Waals surface area contributed by atoms with Gasteiger partial charge in [0.1, 0.15) is 0 Å². The first kappa shape index (κ1) is 23.8. The summed E-state index contributed by atoms with van der Waals surface area (Å²) in [7, 11) is 0. The number of hydrogen-bond acceptors (Lipinski definition) is 6. The minimum Gasteiger partial charge on any atom is -0.345 e. The minimum absolute atomic E-state index is 0.00109. The molecule has 180 valence electrons. The Morgan fingerprint density at radius 1 is 0.971 bits per heavy atom. The van der Waals surface area contributed by atoms with Crippen LogP contribution in [0.2, 0.25) is 0 Å². The topological polar surface area (TPSA) is 108 Å². The quantitative estimate of drug-likeness (QED) is 0.596. The van der Waals surface area contributed by atoms with Crippen molar-refractivity contribution in [2.45, 2.75) is 19.1 Å². The number of nitrogens with zero attached hydrogens (tertiary/aromatic N) is 5. The van der Waals surface area contributed by atoms with E-state index in [4.69, 9.17) is 0 Å². The third kappa shape index (κ3) is 5.26. The highest BCUT2D eigenvalue weighted by molar-refractivity contribution is 6.09. The highest BCUT2D eigenvalue weighted by Crippen LogP contribution is 2.33. The number of nitrogens with one attached hydrogen (secondary N) is 1. The molecule has 0 radical (unpaired) electrons. The van der Waals surface area contributed by atoms with E-state index in [-0.39, 0.29) is 31.1 Å². The van der Waals surface area contributed by atoms with Gasteiger partial charge in [-0.25, -0.2) is 4.79 Å². The maximum absolute atomic E-state index is 13.3. The van der Waals surface area contributed by atoms with Gasteiger partial charge in [-0.1, -0.05) is 18.2 Å². The van der Waals surface area contributed by atoms with Crippen molar-refractivity contribution in [3.8, 4) is 0 Å². The van der Waals surface area contributed by atoms with Crippen molar-refractivity contribution < 1.29 is 27.6 Å². The molecule has 1 N–H and O–H groups in total. The van der Waals surface area contributed by atoms with Crippen molar-refractivity contribution in [1.82, 2.24) is 25.4 Å². The molecular weight excluding hydrogens is 465 g/mol. The molecule has 2 aromatic heterocycles. The maximum Gasteiger partial charge on any atom is 0.417 e. The lowest BCUT2D eigenvalue weighted by atomic mass is 10.1. The van der Waals surface area contributed by atoms with Crippen LogP contribution in [0, 0.1) is 0 Å². The highest BCUT2D eigenvalue weighted by atomic mass is 19.4. The van der Waals surface area contributed by atoms with Gasteiger partial charge in [0.2, 0.25) is 0 Å². The van der Waals surface area contributed by atoms with Gasteiger partial charge in [0.05, 0.1) is 23.4 Å². The van der Waals surface area contributed by atoms with Gasteiger partial charge in [0.25, 0.3) is 11.8 Å². The molecule has 4 amide bonds. The standard InChI is InChI=1S/C23H19F3N6O3/c24-23(25,26)17-8-2-1-7-16(17)21(34)32-13-5-12-31(22(32)35)19-10-9-18(29-30-19)20(33)28-14-15-6-3-4-11-27-15/h1-4,6-11H,5,12-14H2,(H,28,33). The van der Waals surface area contributed by atoms with Crippen LogP contribution < -0.4 is 10.2 Å². The normalized spacial score (nSPS) is 14.1. The molecule has 12 heteroatoms. The van der Waals surface area contributed by atoms with Gasteiger partial charge in [-0.2, -0.15) is 13.2 Å². The summed E-state index contributed by atoms with van der Waals surface area (Å²) < 4.78 is 40.0. The fraction of sp³-hybridized carbons (Fsp3) is 0.217. The lowest BCUT2D eigenvalue weighted by Gasteiger charge is -2.33. The number of anilines is 1. The van der Waals surface area contributed by atoms with E-state index in [2.05, 4.69) is 20.5 Å². The van der Waals surface area contributed by atoms with E-state index in [0.29, 0.717) is 12.1 Å². The first-order valence-corrected chi connectivity index (χ1v) is 10.6. The third-order valence-corrected chi connectivity index (χ3v) is 5.25. The maximum atomic E-state index is 13.3. The number of rotatable bonds is 5. The molecule has 3 aromatic rings. The molecule has 0 spiro atoms. The fourth-order valence-electron chi connectivity index (χ4n) is 3.54. The Bertz CT molecular complexity index is 1240. The SMILES string of the molecule is O=C(NCc1ccccn1)c1ccc(N2CCCN(C(=O)c3ccccc3C(F)(F)F)C2=O)nn1. The van der Waals surface area contributed by atoms with Crippen LogP contribution >= 0.6 is 0 Å². The molecule has 4 rings (SSSR count). The van der Waals surface area contributed by atoms with Gasteiger partial charge in [0.15, 0.2) is 11.5 Å². The molecule has 3 heterocycles. The predicted molar refractivity (Wildman–Crippen MR) is 117 cm³/mol. The average molecular weight is 484 g/mol. The third-order valence-electron chi connectivity index (χ3n) is 5.25. The summed E-state index contributed by atoms with van der Waals surface area (Å²) in [4.78, 5) is 44.2. The number of urea groups is 1. The van der Waals surface area contributed by atoms with E-state index in [1.54, 1.807) is 24.4 Å². The van der Waals surface area contributed by atoms with Crippen LogP contribution in [0.3, 0.4) is 0 Å². The molecule has 1 aromatic carbocycles. The lowest BCUT2D eigenvalue weighted by Crippen LogP contribution is -2.52. The van der Waals surface area contributed by atoms with Crippen LogP contribution in [0.25, 0.3) is 0 Å². The van der Waals surface area contributed by atoms with E-state index >= 15 is 0 Å². The average Bonchev–Trinajstić information content (AvgIpc) is 2.87. The summed E-state index contributed by atoms with van der Waals surface area (Å²) in [5.41, 5.74) is -1.07. The molecule has 0 bridgehead atoms. The summed E-state index contributed by atoms with van der Waals surface area (Å²) in [6, 6.07) is 11.5. The van der Waals surface area contributed by atoms with E-state index in [0.717, 1.165) is 21.9 Å². The van der Waals surface area contributed by atoms with E-state index in [1.807, 2.05) is 0 Å². The summed E-state index contributed by atoms with van der Waals surface area (Å²) in [6.45, 7) is 0.329.